The van der Waals surface area contributed by atoms with Gasteiger partial charge in [-0.15, -0.1) is 0 Å². The van der Waals surface area contributed by atoms with E-state index in [1.807, 2.05) is 0 Å². The zero-order valence-electron chi connectivity index (χ0n) is 12.3. The summed E-state index contributed by atoms with van der Waals surface area (Å²) in [5, 5.41) is 2.77. The SMILES string of the molecule is Cc1c(C(=O)NCc2cc[nH]c(=O)c2)[nH]c2c1C(=O)CCC2. The number of hydrogen-bond acceptors (Lipinski definition) is 3. The Balaban J connectivity index is 1.78. The van der Waals surface area contributed by atoms with E-state index in [4.69, 9.17) is 0 Å². The van der Waals surface area contributed by atoms with Crippen LogP contribution < -0.4 is 10.9 Å². The van der Waals surface area contributed by atoms with Gasteiger partial charge in [-0.25, -0.2) is 0 Å². The fraction of sp³-hybridized carbons (Fsp3) is 0.312. The van der Waals surface area contributed by atoms with E-state index in [1.54, 1.807) is 19.2 Å². The first-order valence-corrected chi connectivity index (χ1v) is 7.26. The van der Waals surface area contributed by atoms with Gasteiger partial charge in [0.05, 0.1) is 0 Å². The number of carbonyl (C=O) groups is 2. The molecule has 0 radical (unpaired) electrons. The zero-order chi connectivity index (χ0) is 15.7. The zero-order valence-corrected chi connectivity index (χ0v) is 12.3. The number of carbonyl (C=O) groups excluding carboxylic acids is 2. The van der Waals surface area contributed by atoms with E-state index in [9.17, 15) is 14.4 Å². The van der Waals surface area contributed by atoms with Crippen LogP contribution in [0.3, 0.4) is 0 Å². The number of rotatable bonds is 3. The highest BCUT2D eigenvalue weighted by molar-refractivity contribution is 6.04. The maximum Gasteiger partial charge on any atom is 0.268 e. The first-order valence-electron chi connectivity index (χ1n) is 7.26. The molecule has 1 aliphatic rings. The van der Waals surface area contributed by atoms with Gasteiger partial charge in [0.15, 0.2) is 5.78 Å². The Morgan fingerprint density at radius 3 is 2.86 bits per heavy atom. The van der Waals surface area contributed by atoms with E-state index in [0.717, 1.165) is 24.1 Å². The average Bonchev–Trinajstić information content (AvgIpc) is 2.83. The normalized spacial score (nSPS) is 13.8. The van der Waals surface area contributed by atoms with Crippen LogP contribution in [0.5, 0.6) is 0 Å². The average molecular weight is 299 g/mol. The van der Waals surface area contributed by atoms with Crippen LogP contribution in [0.25, 0.3) is 0 Å². The van der Waals surface area contributed by atoms with Gasteiger partial charge in [-0.2, -0.15) is 0 Å². The molecule has 2 heterocycles. The number of pyridine rings is 1. The molecule has 3 rings (SSSR count). The van der Waals surface area contributed by atoms with Gasteiger partial charge in [0.1, 0.15) is 5.69 Å². The Hall–Kier alpha value is -2.63. The highest BCUT2D eigenvalue weighted by Crippen LogP contribution is 2.26. The van der Waals surface area contributed by atoms with Crippen LogP contribution in [0, 0.1) is 6.92 Å². The summed E-state index contributed by atoms with van der Waals surface area (Å²) in [5.74, 6) is -0.163. The minimum atomic E-state index is -0.264. The van der Waals surface area contributed by atoms with Crippen molar-refractivity contribution in [2.24, 2.45) is 0 Å². The molecule has 6 nitrogen and oxygen atoms in total. The van der Waals surface area contributed by atoms with Crippen molar-refractivity contribution in [2.75, 3.05) is 0 Å². The number of ketones is 1. The molecule has 2 aromatic rings. The Kier molecular flexibility index (Phi) is 3.66. The number of H-pyrrole nitrogens is 2. The summed E-state index contributed by atoms with van der Waals surface area (Å²) in [5.41, 5.74) is 3.20. The molecule has 0 aliphatic heterocycles. The molecule has 0 bridgehead atoms. The minimum absolute atomic E-state index is 0.101. The van der Waals surface area contributed by atoms with Crippen LogP contribution in [0.4, 0.5) is 0 Å². The molecule has 0 unspecified atom stereocenters. The largest absolute Gasteiger partial charge is 0.354 e. The summed E-state index contributed by atoms with van der Waals surface area (Å²) in [6, 6.07) is 3.17. The summed E-state index contributed by atoms with van der Waals surface area (Å²) in [4.78, 5) is 41.1. The predicted molar refractivity (Wildman–Crippen MR) is 81.0 cm³/mol. The number of aromatic amines is 2. The van der Waals surface area contributed by atoms with Gasteiger partial charge < -0.3 is 15.3 Å². The number of Topliss-reactive ketones (excluding diaryl/α,β-unsaturated/α-hetero) is 1. The molecule has 2 aromatic heterocycles. The van der Waals surface area contributed by atoms with Crippen LogP contribution in [-0.4, -0.2) is 21.7 Å². The van der Waals surface area contributed by atoms with Crippen molar-refractivity contribution in [3.8, 4) is 0 Å². The lowest BCUT2D eigenvalue weighted by molar-refractivity contribution is 0.0945. The summed E-state index contributed by atoms with van der Waals surface area (Å²) in [7, 11) is 0. The molecule has 114 valence electrons. The summed E-state index contributed by atoms with van der Waals surface area (Å²) in [6.07, 6.45) is 3.70. The van der Waals surface area contributed by atoms with Crippen molar-refractivity contribution in [3.05, 3.63) is 56.8 Å². The van der Waals surface area contributed by atoms with Gasteiger partial charge in [-0.05, 0) is 37.0 Å². The molecule has 0 saturated heterocycles. The monoisotopic (exact) mass is 299 g/mol. The number of amides is 1. The number of aromatic nitrogens is 2. The van der Waals surface area contributed by atoms with Crippen LogP contribution in [-0.2, 0) is 13.0 Å². The highest BCUT2D eigenvalue weighted by Gasteiger charge is 2.26. The van der Waals surface area contributed by atoms with E-state index >= 15 is 0 Å². The fourth-order valence-corrected chi connectivity index (χ4v) is 2.87. The molecule has 22 heavy (non-hydrogen) atoms. The minimum Gasteiger partial charge on any atom is -0.354 e. The van der Waals surface area contributed by atoms with Crippen molar-refractivity contribution in [2.45, 2.75) is 32.7 Å². The summed E-state index contributed by atoms with van der Waals surface area (Å²) >= 11 is 0. The van der Waals surface area contributed by atoms with Gasteiger partial charge in [0.25, 0.3) is 5.91 Å². The number of fused-ring (bicyclic) bond motifs is 1. The maximum absolute atomic E-state index is 12.3. The van der Waals surface area contributed by atoms with Gasteiger partial charge in [0, 0.05) is 36.5 Å². The first-order chi connectivity index (χ1) is 10.6. The molecular formula is C16H17N3O3. The highest BCUT2D eigenvalue weighted by atomic mass is 16.2. The second-order valence-electron chi connectivity index (χ2n) is 5.50. The summed E-state index contributed by atoms with van der Waals surface area (Å²) < 4.78 is 0. The second kappa shape index (κ2) is 5.63. The Morgan fingerprint density at radius 2 is 2.14 bits per heavy atom. The second-order valence-corrected chi connectivity index (χ2v) is 5.50. The van der Waals surface area contributed by atoms with Gasteiger partial charge in [0.2, 0.25) is 5.56 Å². The van der Waals surface area contributed by atoms with E-state index in [-0.39, 0.29) is 23.8 Å². The van der Waals surface area contributed by atoms with Crippen molar-refractivity contribution in [3.63, 3.8) is 0 Å². The lowest BCUT2D eigenvalue weighted by Gasteiger charge is -2.09. The van der Waals surface area contributed by atoms with Gasteiger partial charge in [-0.3, -0.25) is 14.4 Å². The fourth-order valence-electron chi connectivity index (χ4n) is 2.87. The topological polar surface area (TPSA) is 94.8 Å². The summed E-state index contributed by atoms with van der Waals surface area (Å²) in [6.45, 7) is 2.06. The standard InChI is InChI=1S/C16H17N3O3/c1-9-14-11(3-2-4-12(14)20)19-15(9)16(22)18-8-10-5-6-17-13(21)7-10/h5-7,19H,2-4,8H2,1H3,(H,17,21)(H,18,22). The van der Waals surface area contributed by atoms with Crippen LogP contribution in [0.15, 0.2) is 23.1 Å². The third-order valence-electron chi connectivity index (χ3n) is 3.96. The molecule has 3 N–H and O–H groups in total. The molecule has 0 saturated carbocycles. The lowest BCUT2D eigenvalue weighted by Crippen LogP contribution is -2.24. The smallest absolute Gasteiger partial charge is 0.268 e. The van der Waals surface area contributed by atoms with Crippen molar-refractivity contribution < 1.29 is 9.59 Å². The van der Waals surface area contributed by atoms with Crippen LogP contribution in [0.2, 0.25) is 0 Å². The molecule has 0 spiro atoms. The maximum atomic E-state index is 12.3. The van der Waals surface area contributed by atoms with Gasteiger partial charge in [-0.1, -0.05) is 0 Å². The van der Waals surface area contributed by atoms with Crippen LogP contribution >= 0.6 is 0 Å². The Morgan fingerprint density at radius 1 is 1.32 bits per heavy atom. The predicted octanol–water partition coefficient (Wildman–Crippen LogP) is 1.46. The number of aryl methyl sites for hydroxylation is 1. The molecule has 1 aliphatic carbocycles. The number of hydrogen-bond donors (Lipinski definition) is 3. The molecule has 0 atom stereocenters. The van der Waals surface area contributed by atoms with E-state index in [0.29, 0.717) is 23.2 Å². The lowest BCUT2D eigenvalue weighted by atomic mass is 9.94. The Bertz CT molecular complexity index is 801. The van der Waals surface area contributed by atoms with Crippen molar-refractivity contribution in [1.82, 2.24) is 15.3 Å². The third kappa shape index (κ3) is 2.59. The van der Waals surface area contributed by atoms with Gasteiger partial charge >= 0.3 is 0 Å². The molecule has 0 aromatic carbocycles. The Labute approximate surface area is 127 Å². The van der Waals surface area contributed by atoms with E-state index < -0.39 is 0 Å². The van der Waals surface area contributed by atoms with Crippen LogP contribution in [0.1, 0.15) is 50.5 Å². The van der Waals surface area contributed by atoms with Crippen molar-refractivity contribution >= 4 is 11.7 Å². The molecular weight excluding hydrogens is 282 g/mol. The third-order valence-corrected chi connectivity index (χ3v) is 3.96. The van der Waals surface area contributed by atoms with Crippen molar-refractivity contribution in [1.29, 1.82) is 0 Å². The van der Waals surface area contributed by atoms with E-state index in [1.165, 1.54) is 6.07 Å². The first kappa shape index (κ1) is 14.3. The quantitative estimate of drug-likeness (QED) is 0.800. The molecule has 6 heteroatoms. The van der Waals surface area contributed by atoms with E-state index in [2.05, 4.69) is 15.3 Å². The number of nitrogens with one attached hydrogen (secondary N) is 3. The molecule has 1 amide bonds. The molecule has 0 fully saturated rings.